The molecule has 1 aliphatic carbocycles. The van der Waals surface area contributed by atoms with Crippen LogP contribution in [0.4, 0.5) is 0 Å². The molecular weight excluding hydrogens is 240 g/mol. The molecule has 2 aliphatic rings. The van der Waals surface area contributed by atoms with Crippen LogP contribution >= 0.6 is 0 Å². The van der Waals surface area contributed by atoms with Gasteiger partial charge in [0.2, 0.25) is 11.8 Å². The van der Waals surface area contributed by atoms with Crippen LogP contribution in [0, 0.1) is 5.92 Å². The molecule has 1 atom stereocenters. The Morgan fingerprint density at radius 1 is 1.21 bits per heavy atom. The van der Waals surface area contributed by atoms with Crippen LogP contribution in [0.2, 0.25) is 0 Å². The lowest BCUT2D eigenvalue weighted by atomic mass is 9.93. The molecule has 4 nitrogen and oxygen atoms in total. The van der Waals surface area contributed by atoms with Crippen LogP contribution in [-0.4, -0.2) is 35.3 Å². The average molecular weight is 266 g/mol. The number of amides is 2. The van der Waals surface area contributed by atoms with Crippen molar-refractivity contribution in [2.45, 2.75) is 70.9 Å². The molecular formula is C15H26N2O2. The van der Waals surface area contributed by atoms with Crippen LogP contribution in [0.25, 0.3) is 0 Å². The smallest absolute Gasteiger partial charge is 0.245 e. The lowest BCUT2D eigenvalue weighted by Gasteiger charge is -2.35. The molecule has 0 aromatic carbocycles. The highest BCUT2D eigenvalue weighted by atomic mass is 16.2. The standard InChI is InChI=1S/C15H26N2O2/c1-11(2)10-13-15(19)17(9-8-14(18)16-13)12-6-4-3-5-7-12/h11-13H,3-10H2,1-2H3,(H,16,18). The Hall–Kier alpha value is -1.06. The molecule has 2 rings (SSSR count). The molecule has 0 bridgehead atoms. The van der Waals surface area contributed by atoms with Gasteiger partial charge in [-0.05, 0) is 25.2 Å². The summed E-state index contributed by atoms with van der Waals surface area (Å²) in [5, 5.41) is 2.90. The predicted molar refractivity (Wildman–Crippen MR) is 74.6 cm³/mol. The van der Waals surface area contributed by atoms with Gasteiger partial charge in [-0.2, -0.15) is 0 Å². The summed E-state index contributed by atoms with van der Waals surface area (Å²) in [6.45, 7) is 4.79. The minimum Gasteiger partial charge on any atom is -0.344 e. The minimum absolute atomic E-state index is 0.0253. The van der Waals surface area contributed by atoms with E-state index in [-0.39, 0.29) is 17.9 Å². The maximum absolute atomic E-state index is 12.6. The van der Waals surface area contributed by atoms with Crippen LogP contribution in [0.5, 0.6) is 0 Å². The number of carbonyl (C=O) groups is 2. The molecule has 1 aliphatic heterocycles. The average Bonchev–Trinajstić information content (AvgIpc) is 2.51. The molecule has 1 saturated heterocycles. The molecule has 1 saturated carbocycles. The maximum atomic E-state index is 12.6. The molecule has 2 fully saturated rings. The first-order valence-corrected chi connectivity index (χ1v) is 7.67. The van der Waals surface area contributed by atoms with E-state index < -0.39 is 0 Å². The fourth-order valence-electron chi connectivity index (χ4n) is 3.25. The van der Waals surface area contributed by atoms with E-state index in [1.165, 1.54) is 19.3 Å². The van der Waals surface area contributed by atoms with Crippen LogP contribution in [0.3, 0.4) is 0 Å². The van der Waals surface area contributed by atoms with E-state index in [0.29, 0.717) is 24.9 Å². The zero-order valence-electron chi connectivity index (χ0n) is 12.2. The second kappa shape index (κ2) is 6.40. The van der Waals surface area contributed by atoms with E-state index in [4.69, 9.17) is 0 Å². The quantitative estimate of drug-likeness (QED) is 0.850. The van der Waals surface area contributed by atoms with Crippen LogP contribution in [0.15, 0.2) is 0 Å². The lowest BCUT2D eigenvalue weighted by molar-refractivity contribution is -0.136. The SMILES string of the molecule is CC(C)CC1NC(=O)CCN(C2CCCCC2)C1=O. The zero-order valence-corrected chi connectivity index (χ0v) is 12.2. The summed E-state index contributed by atoms with van der Waals surface area (Å²) in [6.07, 6.45) is 7.12. The molecule has 0 aromatic rings. The number of hydrogen-bond acceptors (Lipinski definition) is 2. The summed E-state index contributed by atoms with van der Waals surface area (Å²) in [4.78, 5) is 26.4. The van der Waals surface area contributed by atoms with Crippen molar-refractivity contribution >= 4 is 11.8 Å². The number of nitrogens with zero attached hydrogens (tertiary/aromatic N) is 1. The molecule has 1 heterocycles. The van der Waals surface area contributed by atoms with Crippen molar-refractivity contribution in [3.05, 3.63) is 0 Å². The largest absolute Gasteiger partial charge is 0.344 e. The highest BCUT2D eigenvalue weighted by Crippen LogP contribution is 2.25. The van der Waals surface area contributed by atoms with Crippen molar-refractivity contribution in [2.24, 2.45) is 5.92 Å². The van der Waals surface area contributed by atoms with Crippen molar-refractivity contribution in [3.63, 3.8) is 0 Å². The number of hydrogen-bond donors (Lipinski definition) is 1. The summed E-state index contributed by atoms with van der Waals surface area (Å²) in [5.41, 5.74) is 0. The first-order chi connectivity index (χ1) is 9.08. The molecule has 1 N–H and O–H groups in total. The van der Waals surface area contributed by atoms with E-state index in [2.05, 4.69) is 19.2 Å². The third kappa shape index (κ3) is 3.71. The topological polar surface area (TPSA) is 49.4 Å². The highest BCUT2D eigenvalue weighted by molar-refractivity contribution is 5.90. The maximum Gasteiger partial charge on any atom is 0.245 e. The van der Waals surface area contributed by atoms with Gasteiger partial charge in [0, 0.05) is 19.0 Å². The number of nitrogens with one attached hydrogen (secondary N) is 1. The summed E-state index contributed by atoms with van der Waals surface area (Å²) < 4.78 is 0. The van der Waals surface area contributed by atoms with Crippen molar-refractivity contribution in [2.75, 3.05) is 6.54 Å². The van der Waals surface area contributed by atoms with Crippen LogP contribution in [-0.2, 0) is 9.59 Å². The zero-order chi connectivity index (χ0) is 13.8. The van der Waals surface area contributed by atoms with Gasteiger partial charge in [0.05, 0.1) is 0 Å². The summed E-state index contributed by atoms with van der Waals surface area (Å²) in [7, 11) is 0. The third-order valence-corrected chi connectivity index (χ3v) is 4.22. The minimum atomic E-state index is -0.308. The Balaban J connectivity index is 2.08. The van der Waals surface area contributed by atoms with Gasteiger partial charge in [0.25, 0.3) is 0 Å². The van der Waals surface area contributed by atoms with Crippen LogP contribution < -0.4 is 5.32 Å². The van der Waals surface area contributed by atoms with Gasteiger partial charge in [-0.25, -0.2) is 0 Å². The van der Waals surface area contributed by atoms with E-state index in [1.54, 1.807) is 0 Å². The summed E-state index contributed by atoms with van der Waals surface area (Å²) in [6, 6.07) is 0.0561. The molecule has 19 heavy (non-hydrogen) atoms. The van der Waals surface area contributed by atoms with E-state index in [0.717, 1.165) is 19.3 Å². The Kier molecular flexibility index (Phi) is 4.83. The highest BCUT2D eigenvalue weighted by Gasteiger charge is 2.34. The molecule has 2 amide bonds. The number of rotatable bonds is 3. The van der Waals surface area contributed by atoms with E-state index in [1.807, 2.05) is 4.90 Å². The second-order valence-electron chi connectivity index (χ2n) is 6.32. The molecule has 0 spiro atoms. The Morgan fingerprint density at radius 3 is 2.53 bits per heavy atom. The van der Waals surface area contributed by atoms with Crippen molar-refractivity contribution < 1.29 is 9.59 Å². The predicted octanol–water partition coefficient (Wildman–Crippen LogP) is 2.08. The Morgan fingerprint density at radius 2 is 1.89 bits per heavy atom. The van der Waals surface area contributed by atoms with E-state index >= 15 is 0 Å². The van der Waals surface area contributed by atoms with Gasteiger partial charge in [-0.1, -0.05) is 33.1 Å². The first-order valence-electron chi connectivity index (χ1n) is 7.67. The molecule has 4 heteroatoms. The van der Waals surface area contributed by atoms with Gasteiger partial charge in [-0.3, -0.25) is 9.59 Å². The first kappa shape index (κ1) is 14.4. The fourth-order valence-corrected chi connectivity index (χ4v) is 3.25. The van der Waals surface area contributed by atoms with Gasteiger partial charge in [0.1, 0.15) is 6.04 Å². The molecule has 0 aromatic heterocycles. The third-order valence-electron chi connectivity index (χ3n) is 4.22. The van der Waals surface area contributed by atoms with Gasteiger partial charge >= 0.3 is 0 Å². The molecule has 108 valence electrons. The monoisotopic (exact) mass is 266 g/mol. The van der Waals surface area contributed by atoms with Gasteiger partial charge < -0.3 is 10.2 Å². The summed E-state index contributed by atoms with van der Waals surface area (Å²) in [5.74, 6) is 0.587. The normalized spacial score (nSPS) is 26.5. The Bertz CT molecular complexity index is 335. The molecule has 1 unspecified atom stereocenters. The molecule has 0 radical (unpaired) electrons. The second-order valence-corrected chi connectivity index (χ2v) is 6.32. The van der Waals surface area contributed by atoms with Crippen molar-refractivity contribution in [1.29, 1.82) is 0 Å². The Labute approximate surface area is 115 Å². The van der Waals surface area contributed by atoms with Crippen LogP contribution in [0.1, 0.15) is 58.8 Å². The summed E-state index contributed by atoms with van der Waals surface area (Å²) >= 11 is 0. The fraction of sp³-hybridized carbons (Fsp3) is 0.867. The van der Waals surface area contributed by atoms with Gasteiger partial charge in [-0.15, -0.1) is 0 Å². The van der Waals surface area contributed by atoms with Crippen molar-refractivity contribution in [1.82, 2.24) is 10.2 Å². The van der Waals surface area contributed by atoms with E-state index in [9.17, 15) is 9.59 Å². The van der Waals surface area contributed by atoms with Gasteiger partial charge in [0.15, 0.2) is 0 Å². The lowest BCUT2D eigenvalue weighted by Crippen LogP contribution is -2.49. The number of carbonyl (C=O) groups excluding carboxylic acids is 2. The van der Waals surface area contributed by atoms with Crippen molar-refractivity contribution in [3.8, 4) is 0 Å².